The number of anilines is 3. The number of carbonyl (C=O) groups is 6. The van der Waals surface area contributed by atoms with Gasteiger partial charge in [0.2, 0.25) is 11.7 Å². The van der Waals surface area contributed by atoms with E-state index in [1.807, 2.05) is 0 Å². The van der Waals surface area contributed by atoms with Gasteiger partial charge >= 0.3 is 12.2 Å². The summed E-state index contributed by atoms with van der Waals surface area (Å²) in [4.78, 5) is 95.5. The van der Waals surface area contributed by atoms with Crippen LogP contribution in [-0.2, 0) is 33.1 Å². The number of nitrogens with zero attached hydrogens (tertiary/aromatic N) is 6. The van der Waals surface area contributed by atoms with Gasteiger partial charge in [-0.1, -0.05) is 24.3 Å². The summed E-state index contributed by atoms with van der Waals surface area (Å²) in [6.07, 6.45) is 2.36. The summed E-state index contributed by atoms with van der Waals surface area (Å²) < 4.78 is 37.0. The Morgan fingerprint density at radius 1 is 0.920 bits per heavy atom. The zero-order chi connectivity index (χ0) is 53.3. The number of methoxy groups -OCH3 is 1. The molecule has 2 aromatic heterocycles. The van der Waals surface area contributed by atoms with E-state index in [0.29, 0.717) is 37.3 Å². The lowest BCUT2D eigenvalue weighted by Gasteiger charge is -2.37. The van der Waals surface area contributed by atoms with Crippen molar-refractivity contribution in [2.75, 3.05) is 55.6 Å². The number of nitrogens with one attached hydrogen (secondary N) is 3. The maximum absolute atomic E-state index is 14.0. The summed E-state index contributed by atoms with van der Waals surface area (Å²) in [7, 11) is 4.74. The number of nitro groups is 1. The lowest BCUT2D eigenvalue weighted by molar-refractivity contribution is -0.384. The van der Waals surface area contributed by atoms with Crippen LogP contribution in [0.25, 0.3) is 11.1 Å². The van der Waals surface area contributed by atoms with E-state index in [9.17, 15) is 44.0 Å². The number of aryl methyl sites for hydroxylation is 2. The fourth-order valence-corrected chi connectivity index (χ4v) is 8.82. The summed E-state index contributed by atoms with van der Waals surface area (Å²) in [6, 6.07) is 15.9. The highest BCUT2D eigenvalue weighted by molar-refractivity contribution is 6.06. The van der Waals surface area contributed by atoms with Crippen molar-refractivity contribution in [3.63, 3.8) is 0 Å². The molecule has 4 N–H and O–H groups in total. The van der Waals surface area contributed by atoms with E-state index in [-0.39, 0.29) is 90.9 Å². The molecule has 24 heteroatoms. The average molecular weight is 1030 g/mol. The minimum Gasteiger partial charge on any atom is -0.493 e. The second-order valence-corrected chi connectivity index (χ2v) is 17.8. The van der Waals surface area contributed by atoms with Crippen LogP contribution in [-0.4, -0.2) is 124 Å². The number of hydrogen-bond acceptors (Lipinski definition) is 15. The largest absolute Gasteiger partial charge is 0.513 e. The molecule has 5 aromatic rings. The summed E-state index contributed by atoms with van der Waals surface area (Å²) in [5.41, 5.74) is 3.13. The van der Waals surface area contributed by atoms with E-state index in [1.165, 1.54) is 54.3 Å². The molecule has 0 radical (unpaired) electrons. The van der Waals surface area contributed by atoms with Gasteiger partial charge in [0.1, 0.15) is 11.4 Å². The normalized spacial score (nSPS) is 17.0. The van der Waals surface area contributed by atoms with Gasteiger partial charge in [0.25, 0.3) is 23.4 Å². The Labute approximate surface area is 429 Å². The Kier molecular flexibility index (Phi) is 16.4. The van der Waals surface area contributed by atoms with Crippen LogP contribution in [0.5, 0.6) is 17.2 Å². The third-order valence-corrected chi connectivity index (χ3v) is 12.5. The van der Waals surface area contributed by atoms with Crippen LogP contribution >= 0.6 is 0 Å². The van der Waals surface area contributed by atoms with E-state index in [1.54, 1.807) is 60.1 Å². The number of nitro benzene ring substituents is 1. The predicted octanol–water partition coefficient (Wildman–Crippen LogP) is 6.87. The lowest BCUT2D eigenvalue weighted by Crippen LogP contribution is -2.53. The van der Waals surface area contributed by atoms with E-state index in [0.717, 1.165) is 34.4 Å². The highest BCUT2D eigenvalue weighted by Gasteiger charge is 2.48. The summed E-state index contributed by atoms with van der Waals surface area (Å²) in [5.74, 6) is -1.09. The second kappa shape index (κ2) is 23.4. The number of amides is 5. The highest BCUT2D eigenvalue weighted by Crippen LogP contribution is 2.43. The van der Waals surface area contributed by atoms with E-state index in [4.69, 9.17) is 28.4 Å². The van der Waals surface area contributed by atoms with Crippen LogP contribution in [0.15, 0.2) is 91.3 Å². The third kappa shape index (κ3) is 12.5. The molecule has 5 heterocycles. The number of carboxylic acid groups (broad SMARTS) is 1. The van der Waals surface area contributed by atoms with Gasteiger partial charge in [-0.2, -0.15) is 0 Å². The van der Waals surface area contributed by atoms with Crippen LogP contribution in [0.4, 0.5) is 32.5 Å². The van der Waals surface area contributed by atoms with E-state index < -0.39 is 53.5 Å². The predicted molar refractivity (Wildman–Crippen MR) is 268 cm³/mol. The fraction of sp³-hybridized carbons (Fsp3) is 0.353. The standard InChI is InChI=1S/C51H55N9O15/c1-30-23-39-49(75-44-10-5-6-20-72-44)59(50(65)66)37-26-41(40(70-4)25-36(37)48(64)58(39)27-30)71-21-7-9-43(61)54-42-29-57(3)45(55-42)47(63)53-33-13-11-31(12-14-33)32-24-38(56(2)28-32)46(62)52-19-8-22-73-51(67)74-35-17-15-34(16-18-35)60(68)69/h11-18,24-26,28-29,39,44,49H,1,5-10,19-23,27H2,2-4H3,(H,52,62)(H,53,63)(H,54,61)(H,65,66). The third-order valence-electron chi connectivity index (χ3n) is 12.5. The van der Waals surface area contributed by atoms with Crippen molar-refractivity contribution >= 4 is 58.8 Å². The minimum atomic E-state index is -1.33. The molecule has 0 saturated carbocycles. The van der Waals surface area contributed by atoms with E-state index in [2.05, 4.69) is 27.5 Å². The quantitative estimate of drug-likeness (QED) is 0.0164. The van der Waals surface area contributed by atoms with Crippen LogP contribution in [0, 0.1) is 10.1 Å². The zero-order valence-electron chi connectivity index (χ0n) is 41.3. The Bertz CT molecular complexity index is 2980. The first kappa shape index (κ1) is 52.5. The number of rotatable bonds is 19. The maximum Gasteiger partial charge on any atom is 0.513 e. The molecule has 3 unspecified atom stereocenters. The van der Waals surface area contributed by atoms with Crippen molar-refractivity contribution in [3.05, 3.63) is 118 Å². The minimum absolute atomic E-state index is 0.00576. The number of carbonyl (C=O) groups excluding carboxylic acids is 5. The lowest BCUT2D eigenvalue weighted by atomic mass is 10.1. The first-order valence-corrected chi connectivity index (χ1v) is 24.0. The number of aromatic nitrogens is 3. The monoisotopic (exact) mass is 1030 g/mol. The first-order valence-electron chi connectivity index (χ1n) is 24.0. The van der Waals surface area contributed by atoms with Gasteiger partial charge in [0.05, 0.1) is 42.5 Å². The number of ether oxygens (including phenoxy) is 6. The van der Waals surface area contributed by atoms with Gasteiger partial charge in [0.15, 0.2) is 29.8 Å². The van der Waals surface area contributed by atoms with Gasteiger partial charge in [-0.3, -0.25) is 29.3 Å². The van der Waals surface area contributed by atoms with Crippen molar-refractivity contribution in [2.45, 2.75) is 63.5 Å². The van der Waals surface area contributed by atoms with Crippen LogP contribution in [0.2, 0.25) is 0 Å². The molecule has 75 heavy (non-hydrogen) atoms. The average Bonchev–Trinajstić information content (AvgIpc) is 4.09. The summed E-state index contributed by atoms with van der Waals surface area (Å²) in [6.45, 7) is 4.95. The zero-order valence-corrected chi connectivity index (χ0v) is 41.3. The molecular weight excluding hydrogens is 979 g/mol. The molecule has 2 saturated heterocycles. The Morgan fingerprint density at radius 2 is 1.69 bits per heavy atom. The van der Waals surface area contributed by atoms with Crippen molar-refractivity contribution in [1.82, 2.24) is 24.3 Å². The smallest absolute Gasteiger partial charge is 0.493 e. The molecule has 8 rings (SSSR count). The molecule has 0 bridgehead atoms. The molecule has 2 fully saturated rings. The van der Waals surface area contributed by atoms with Gasteiger partial charge in [-0.15, -0.1) is 0 Å². The topological polar surface area (TPSA) is 286 Å². The number of fused-ring (bicyclic) bond motifs is 2. The molecule has 3 atom stereocenters. The van der Waals surface area contributed by atoms with E-state index >= 15 is 0 Å². The molecule has 394 valence electrons. The molecule has 0 aliphatic carbocycles. The maximum atomic E-state index is 14.0. The summed E-state index contributed by atoms with van der Waals surface area (Å²) >= 11 is 0. The van der Waals surface area contributed by atoms with Gasteiger partial charge in [-0.25, -0.2) is 19.5 Å². The van der Waals surface area contributed by atoms with Crippen molar-refractivity contribution < 1.29 is 67.2 Å². The number of non-ortho nitro benzene ring substituents is 1. The van der Waals surface area contributed by atoms with Gasteiger partial charge < -0.3 is 63.5 Å². The van der Waals surface area contributed by atoms with Crippen LogP contribution < -0.4 is 35.1 Å². The molecule has 3 aromatic carbocycles. The van der Waals surface area contributed by atoms with Crippen LogP contribution in [0.3, 0.4) is 0 Å². The van der Waals surface area contributed by atoms with Gasteiger partial charge in [-0.05, 0) is 80.5 Å². The molecule has 0 spiro atoms. The number of imidazole rings is 1. The number of hydrogen-bond donors (Lipinski definition) is 4. The molecule has 5 amide bonds. The van der Waals surface area contributed by atoms with Gasteiger partial charge in [0, 0.05) is 82.1 Å². The molecule has 3 aliphatic heterocycles. The Morgan fingerprint density at radius 3 is 2.40 bits per heavy atom. The Hall–Kier alpha value is -8.77. The van der Waals surface area contributed by atoms with Crippen molar-refractivity contribution in [3.8, 4) is 28.4 Å². The number of benzene rings is 3. The summed E-state index contributed by atoms with van der Waals surface area (Å²) in [5, 5.41) is 29.7. The highest BCUT2D eigenvalue weighted by atomic mass is 16.7. The van der Waals surface area contributed by atoms with Crippen LogP contribution in [0.1, 0.15) is 76.4 Å². The Balaban J connectivity index is 0.800. The SMILES string of the molecule is C=C1CC2C(OC3CCCCO3)N(C(=O)O)c3cc(OCCCC(=O)Nc4cn(C)c(C(=O)Nc5ccc(-c6cc(C(=O)NCCCOC(=O)Oc7ccc([N+](=O)[O-])cc7)n(C)c6)cc5)n4)c(OC)cc3C(=O)N2C1. The molecule has 3 aliphatic rings. The molecular formula is C51H55N9O15. The second-order valence-electron chi connectivity index (χ2n) is 17.8. The van der Waals surface area contributed by atoms with Crippen molar-refractivity contribution in [2.24, 2.45) is 14.1 Å². The molecule has 24 nitrogen and oxygen atoms in total. The first-order chi connectivity index (χ1) is 36.1. The van der Waals surface area contributed by atoms with Crippen molar-refractivity contribution in [1.29, 1.82) is 0 Å². The fourth-order valence-electron chi connectivity index (χ4n) is 8.82.